The van der Waals surface area contributed by atoms with Crippen molar-refractivity contribution < 1.29 is 13.9 Å². The van der Waals surface area contributed by atoms with Crippen LogP contribution in [0.3, 0.4) is 0 Å². The average molecular weight is 259 g/mol. The first-order chi connectivity index (χ1) is 7.67. The Bertz CT molecular complexity index is 485. The molecular weight excluding hydrogens is 251 g/mol. The van der Waals surface area contributed by atoms with E-state index in [2.05, 4.69) is 0 Å². The maximum atomic E-state index is 13.4. The summed E-state index contributed by atoms with van der Waals surface area (Å²) in [5.41, 5.74) is 1.95. The number of Topliss-reactive ketones (excluding diaryl/α,β-unsaturated/α-hetero) is 1. The van der Waals surface area contributed by atoms with Gasteiger partial charge in [-0.2, -0.15) is 0 Å². The van der Waals surface area contributed by atoms with Gasteiger partial charge in [0.25, 0.3) is 0 Å². The van der Waals surface area contributed by atoms with Gasteiger partial charge in [-0.15, -0.1) is 11.8 Å². The van der Waals surface area contributed by atoms with Gasteiger partial charge in [-0.05, 0) is 12.3 Å². The lowest BCUT2D eigenvalue weighted by atomic mass is 10.0. The summed E-state index contributed by atoms with van der Waals surface area (Å²) in [5.74, 6) is -0.300. The van der Waals surface area contributed by atoms with Gasteiger partial charge in [0.15, 0.2) is 5.78 Å². The molecule has 1 aromatic carbocycles. The molecular formula is C11H8ClFO2S. The smallest absolute Gasteiger partial charge is 0.197 e. The molecule has 2 rings (SSSR count). The second-order valence-corrected chi connectivity index (χ2v) is 4.30. The molecule has 0 unspecified atom stereocenters. The molecule has 1 aromatic rings. The van der Waals surface area contributed by atoms with Crippen molar-refractivity contribution in [2.45, 2.75) is 4.90 Å². The maximum Gasteiger partial charge on any atom is 0.197 e. The van der Waals surface area contributed by atoms with Crippen molar-refractivity contribution in [3.05, 3.63) is 34.6 Å². The monoisotopic (exact) mass is 258 g/mol. The van der Waals surface area contributed by atoms with E-state index in [0.717, 1.165) is 0 Å². The number of halogens is 2. The first kappa shape index (κ1) is 11.5. The van der Waals surface area contributed by atoms with Crippen LogP contribution in [0.25, 0.3) is 0 Å². The molecule has 0 radical (unpaired) electrons. The molecule has 5 heteroatoms. The Morgan fingerprint density at radius 3 is 2.94 bits per heavy atom. The van der Waals surface area contributed by atoms with E-state index in [0.29, 0.717) is 16.0 Å². The van der Waals surface area contributed by atoms with E-state index >= 15 is 0 Å². The summed E-state index contributed by atoms with van der Waals surface area (Å²) >= 11 is 6.75. The summed E-state index contributed by atoms with van der Waals surface area (Å²) in [6.45, 7) is 0.0907. The van der Waals surface area contributed by atoms with Crippen LogP contribution in [0.15, 0.2) is 28.1 Å². The van der Waals surface area contributed by atoms with Crippen LogP contribution in [0.4, 0.5) is 4.39 Å². The SMILES string of the molecule is CSc1cc2c(cc1F)OC/C(=C\Cl)C2=O. The fraction of sp³-hybridized carbons (Fsp3) is 0.182. The number of hydrogen-bond donors (Lipinski definition) is 0. The molecule has 1 heterocycles. The molecule has 84 valence electrons. The molecule has 0 N–H and O–H groups in total. The predicted octanol–water partition coefficient (Wildman–Crippen LogP) is 3.25. The molecule has 0 saturated heterocycles. The number of hydrogen-bond acceptors (Lipinski definition) is 3. The van der Waals surface area contributed by atoms with Crippen molar-refractivity contribution >= 4 is 29.1 Å². The third kappa shape index (κ3) is 1.83. The van der Waals surface area contributed by atoms with Crippen LogP contribution in [0.1, 0.15) is 10.4 Å². The van der Waals surface area contributed by atoms with E-state index in [1.165, 1.54) is 29.4 Å². The van der Waals surface area contributed by atoms with E-state index in [1.807, 2.05) is 0 Å². The van der Waals surface area contributed by atoms with Crippen LogP contribution < -0.4 is 4.74 Å². The van der Waals surface area contributed by atoms with Gasteiger partial charge in [-0.25, -0.2) is 4.39 Å². The molecule has 0 amide bonds. The molecule has 16 heavy (non-hydrogen) atoms. The molecule has 2 nitrogen and oxygen atoms in total. The second-order valence-electron chi connectivity index (χ2n) is 3.24. The highest BCUT2D eigenvalue weighted by atomic mass is 35.5. The average Bonchev–Trinajstić information content (AvgIpc) is 2.29. The van der Waals surface area contributed by atoms with Crippen molar-refractivity contribution in [1.29, 1.82) is 0 Å². The van der Waals surface area contributed by atoms with Gasteiger partial charge in [0, 0.05) is 22.1 Å². The molecule has 0 aliphatic carbocycles. The third-order valence-electron chi connectivity index (χ3n) is 2.31. The quantitative estimate of drug-likeness (QED) is 0.571. The van der Waals surface area contributed by atoms with Crippen LogP contribution in [0.5, 0.6) is 5.75 Å². The van der Waals surface area contributed by atoms with Gasteiger partial charge in [-0.1, -0.05) is 11.6 Å². The van der Waals surface area contributed by atoms with Gasteiger partial charge in [0.05, 0.1) is 5.56 Å². The standard InChI is InChI=1S/C11H8ClFO2S/c1-16-10-2-7-9(3-8(10)13)15-5-6(4-12)11(7)14/h2-4H,5H2,1H3/b6-4+. The lowest BCUT2D eigenvalue weighted by Crippen LogP contribution is -2.19. The van der Waals surface area contributed by atoms with Crippen LogP contribution in [-0.2, 0) is 0 Å². The minimum absolute atomic E-state index is 0.0907. The van der Waals surface area contributed by atoms with Crippen molar-refractivity contribution in [1.82, 2.24) is 0 Å². The summed E-state index contributed by atoms with van der Waals surface area (Å²) in [4.78, 5) is 12.3. The van der Waals surface area contributed by atoms with Crippen LogP contribution in [0.2, 0.25) is 0 Å². The minimum Gasteiger partial charge on any atom is -0.488 e. The Morgan fingerprint density at radius 1 is 1.56 bits per heavy atom. The zero-order chi connectivity index (χ0) is 11.7. The highest BCUT2D eigenvalue weighted by Gasteiger charge is 2.24. The van der Waals surface area contributed by atoms with E-state index < -0.39 is 0 Å². The molecule has 0 atom stereocenters. The molecule has 0 spiro atoms. The van der Waals surface area contributed by atoms with Crippen molar-refractivity contribution in [2.75, 3.05) is 12.9 Å². The Hall–Kier alpha value is -1.00. The number of thioether (sulfide) groups is 1. The van der Waals surface area contributed by atoms with E-state index in [-0.39, 0.29) is 24.0 Å². The van der Waals surface area contributed by atoms with E-state index in [1.54, 1.807) is 6.26 Å². The van der Waals surface area contributed by atoms with E-state index in [9.17, 15) is 9.18 Å². The van der Waals surface area contributed by atoms with Crippen molar-refractivity contribution in [2.24, 2.45) is 0 Å². The summed E-state index contributed by atoms with van der Waals surface area (Å²) < 4.78 is 18.7. The topological polar surface area (TPSA) is 26.3 Å². The Balaban J connectivity index is 2.55. The molecule has 1 aliphatic heterocycles. The van der Waals surface area contributed by atoms with Crippen LogP contribution in [0, 0.1) is 5.82 Å². The predicted molar refractivity (Wildman–Crippen MR) is 61.9 cm³/mol. The molecule has 1 aliphatic rings. The minimum atomic E-state index is -0.377. The fourth-order valence-corrected chi connectivity index (χ4v) is 2.12. The zero-order valence-electron chi connectivity index (χ0n) is 8.42. The Morgan fingerprint density at radius 2 is 2.31 bits per heavy atom. The summed E-state index contributed by atoms with van der Waals surface area (Å²) in [5, 5.41) is 0. The second kappa shape index (κ2) is 4.47. The number of fused-ring (bicyclic) bond motifs is 1. The summed E-state index contributed by atoms with van der Waals surface area (Å²) in [6, 6.07) is 2.74. The largest absolute Gasteiger partial charge is 0.488 e. The number of carbonyl (C=O) groups is 1. The number of rotatable bonds is 1. The van der Waals surface area contributed by atoms with Crippen LogP contribution >= 0.6 is 23.4 Å². The summed E-state index contributed by atoms with van der Waals surface area (Å²) in [6.07, 6.45) is 1.75. The lowest BCUT2D eigenvalue weighted by Gasteiger charge is -2.19. The van der Waals surface area contributed by atoms with Gasteiger partial charge in [0.2, 0.25) is 0 Å². The Labute approximate surface area is 101 Å². The van der Waals surface area contributed by atoms with Crippen LogP contribution in [-0.4, -0.2) is 18.6 Å². The number of ether oxygens (including phenoxy) is 1. The van der Waals surface area contributed by atoms with Gasteiger partial charge >= 0.3 is 0 Å². The van der Waals surface area contributed by atoms with Gasteiger partial charge in [-0.3, -0.25) is 4.79 Å². The first-order valence-corrected chi connectivity index (χ1v) is 6.17. The molecule has 0 aromatic heterocycles. The highest BCUT2D eigenvalue weighted by Crippen LogP contribution is 2.32. The number of benzene rings is 1. The van der Waals surface area contributed by atoms with Crippen molar-refractivity contribution in [3.63, 3.8) is 0 Å². The summed E-state index contributed by atoms with van der Waals surface area (Å²) in [7, 11) is 0. The zero-order valence-corrected chi connectivity index (χ0v) is 9.99. The van der Waals surface area contributed by atoms with Gasteiger partial charge < -0.3 is 4.74 Å². The molecule has 0 bridgehead atoms. The first-order valence-electron chi connectivity index (χ1n) is 4.51. The normalized spacial score (nSPS) is 17.2. The van der Waals surface area contributed by atoms with Gasteiger partial charge in [0.1, 0.15) is 18.2 Å². The highest BCUT2D eigenvalue weighted by molar-refractivity contribution is 7.98. The number of carbonyl (C=O) groups excluding carboxylic acids is 1. The maximum absolute atomic E-state index is 13.4. The lowest BCUT2D eigenvalue weighted by molar-refractivity contribution is 0.0999. The molecule has 0 saturated carbocycles. The van der Waals surface area contributed by atoms with E-state index in [4.69, 9.17) is 16.3 Å². The van der Waals surface area contributed by atoms with Crippen molar-refractivity contribution in [3.8, 4) is 5.75 Å². The third-order valence-corrected chi connectivity index (χ3v) is 3.32. The number of ketones is 1. The fourth-order valence-electron chi connectivity index (χ4n) is 1.46. The Kier molecular flexibility index (Phi) is 3.21. The molecule has 0 fully saturated rings.